The molecule has 1 amide bonds. The molecule has 0 bridgehead atoms. The molecule has 4 heteroatoms. The fraction of sp³-hybridized carbons (Fsp3) is 0.533. The maximum Gasteiger partial charge on any atom is 0.324 e. The third-order valence-electron chi connectivity index (χ3n) is 4.59. The molecule has 0 aliphatic carbocycles. The van der Waals surface area contributed by atoms with Gasteiger partial charge in [-0.1, -0.05) is 26.7 Å². The van der Waals surface area contributed by atoms with Gasteiger partial charge in [0, 0.05) is 18.7 Å². The minimum absolute atomic E-state index is 0.158. The average molecular weight is 257 g/mol. The number of fused-ring (bicyclic) bond motifs is 1. The van der Waals surface area contributed by atoms with Crippen molar-refractivity contribution in [2.75, 3.05) is 13.1 Å². The van der Waals surface area contributed by atoms with Crippen LogP contribution in [0.2, 0.25) is 6.82 Å². The fourth-order valence-corrected chi connectivity index (χ4v) is 3.04. The molecule has 2 heterocycles. The number of carbonyl (C=O) groups excluding carboxylic acids is 1. The Morgan fingerprint density at radius 3 is 2.68 bits per heavy atom. The molecule has 2 unspecified atom stereocenters. The van der Waals surface area contributed by atoms with E-state index < -0.39 is 0 Å². The zero-order chi connectivity index (χ0) is 13.6. The number of hydrogen-bond acceptors (Lipinski definition) is 2. The third-order valence-corrected chi connectivity index (χ3v) is 4.59. The summed E-state index contributed by atoms with van der Waals surface area (Å²) in [5.74, 6) is 1.36. The zero-order valence-electron chi connectivity index (χ0n) is 11.8. The van der Waals surface area contributed by atoms with E-state index in [4.69, 9.17) is 4.65 Å². The standard InChI is InChI=1S/C15H20BNO2/c1-10-7-17(8-11(10)2)15(18)12-4-5-14-13(6-12)9-19-16(14)3/h4-6,10-11H,7-9H2,1-3H3. The molecule has 3 rings (SSSR count). The lowest BCUT2D eigenvalue weighted by atomic mass is 9.64. The minimum Gasteiger partial charge on any atom is -0.427 e. The van der Waals surface area contributed by atoms with Crippen LogP contribution in [0.1, 0.15) is 29.8 Å². The Bertz CT molecular complexity index is 507. The Kier molecular flexibility index (Phi) is 3.13. The van der Waals surface area contributed by atoms with Crippen LogP contribution >= 0.6 is 0 Å². The minimum atomic E-state index is 0.158. The van der Waals surface area contributed by atoms with Crippen LogP contribution in [-0.4, -0.2) is 30.8 Å². The van der Waals surface area contributed by atoms with Crippen LogP contribution in [0.3, 0.4) is 0 Å². The van der Waals surface area contributed by atoms with Crippen LogP contribution in [0.4, 0.5) is 0 Å². The van der Waals surface area contributed by atoms with E-state index in [0.717, 1.165) is 18.7 Å². The van der Waals surface area contributed by atoms with E-state index >= 15 is 0 Å². The summed E-state index contributed by atoms with van der Waals surface area (Å²) >= 11 is 0. The highest BCUT2D eigenvalue weighted by atomic mass is 16.4. The zero-order valence-corrected chi connectivity index (χ0v) is 11.8. The number of likely N-dealkylation sites (tertiary alicyclic amines) is 1. The molecule has 0 radical (unpaired) electrons. The second-order valence-electron chi connectivity index (χ2n) is 6.03. The Labute approximate surface area is 115 Å². The van der Waals surface area contributed by atoms with E-state index in [1.807, 2.05) is 23.1 Å². The molecule has 2 atom stereocenters. The highest BCUT2D eigenvalue weighted by molar-refractivity contribution is 6.67. The monoisotopic (exact) mass is 257 g/mol. The Morgan fingerprint density at radius 1 is 1.32 bits per heavy atom. The summed E-state index contributed by atoms with van der Waals surface area (Å²) in [5, 5.41) is 0. The second kappa shape index (κ2) is 4.67. The van der Waals surface area contributed by atoms with Crippen molar-refractivity contribution in [2.24, 2.45) is 11.8 Å². The fourth-order valence-electron chi connectivity index (χ4n) is 3.04. The first-order valence-corrected chi connectivity index (χ1v) is 7.10. The van der Waals surface area contributed by atoms with Crippen molar-refractivity contribution < 1.29 is 9.45 Å². The van der Waals surface area contributed by atoms with Gasteiger partial charge in [-0.3, -0.25) is 4.79 Å². The lowest BCUT2D eigenvalue weighted by Gasteiger charge is -2.16. The van der Waals surface area contributed by atoms with Gasteiger partial charge in [0.2, 0.25) is 0 Å². The van der Waals surface area contributed by atoms with E-state index in [-0.39, 0.29) is 12.8 Å². The van der Waals surface area contributed by atoms with E-state index in [1.165, 1.54) is 11.0 Å². The summed E-state index contributed by atoms with van der Waals surface area (Å²) in [6.45, 7) is 9.04. The predicted molar refractivity (Wildman–Crippen MR) is 76.7 cm³/mol. The van der Waals surface area contributed by atoms with Crippen molar-refractivity contribution in [3.63, 3.8) is 0 Å². The third kappa shape index (κ3) is 2.18. The highest BCUT2D eigenvalue weighted by Crippen LogP contribution is 2.24. The number of amides is 1. The molecule has 19 heavy (non-hydrogen) atoms. The molecule has 0 aromatic heterocycles. The van der Waals surface area contributed by atoms with E-state index in [2.05, 4.69) is 20.7 Å². The van der Waals surface area contributed by atoms with Crippen molar-refractivity contribution in [1.82, 2.24) is 4.90 Å². The summed E-state index contributed by atoms with van der Waals surface area (Å²) in [5.41, 5.74) is 3.19. The first-order valence-electron chi connectivity index (χ1n) is 7.10. The van der Waals surface area contributed by atoms with Gasteiger partial charge in [-0.2, -0.15) is 0 Å². The number of benzene rings is 1. The van der Waals surface area contributed by atoms with Gasteiger partial charge in [-0.15, -0.1) is 0 Å². The normalized spacial score (nSPS) is 25.8. The lowest BCUT2D eigenvalue weighted by Crippen LogP contribution is -2.30. The van der Waals surface area contributed by atoms with Crippen LogP contribution in [0.15, 0.2) is 18.2 Å². The molecule has 1 saturated heterocycles. The maximum atomic E-state index is 12.5. The molecule has 2 aliphatic heterocycles. The molecule has 1 aromatic carbocycles. The van der Waals surface area contributed by atoms with Crippen LogP contribution < -0.4 is 5.46 Å². The highest BCUT2D eigenvalue weighted by Gasteiger charge is 2.31. The molecule has 1 aromatic rings. The number of hydrogen-bond donors (Lipinski definition) is 0. The number of nitrogens with zero attached hydrogens (tertiary/aromatic N) is 1. The summed E-state index contributed by atoms with van der Waals surface area (Å²) in [7, 11) is 0. The predicted octanol–water partition coefficient (Wildman–Crippen LogP) is 1.77. The Balaban J connectivity index is 1.82. The van der Waals surface area contributed by atoms with Gasteiger partial charge in [-0.25, -0.2) is 0 Å². The molecule has 0 saturated carbocycles. The summed E-state index contributed by atoms with van der Waals surface area (Å²) in [6, 6.07) is 6.00. The van der Waals surface area contributed by atoms with E-state index in [1.54, 1.807) is 0 Å². The number of carbonyl (C=O) groups is 1. The van der Waals surface area contributed by atoms with Crippen LogP contribution in [0.25, 0.3) is 0 Å². The lowest BCUT2D eigenvalue weighted by molar-refractivity contribution is 0.0785. The second-order valence-corrected chi connectivity index (χ2v) is 6.03. The van der Waals surface area contributed by atoms with Crippen molar-refractivity contribution in [3.8, 4) is 0 Å². The van der Waals surface area contributed by atoms with Gasteiger partial charge in [0.05, 0.1) is 6.61 Å². The number of rotatable bonds is 1. The summed E-state index contributed by atoms with van der Waals surface area (Å²) in [4.78, 5) is 14.5. The Hall–Kier alpha value is -1.29. The van der Waals surface area contributed by atoms with Gasteiger partial charge in [0.25, 0.3) is 5.91 Å². The molecule has 3 nitrogen and oxygen atoms in total. The van der Waals surface area contributed by atoms with Crippen molar-refractivity contribution in [1.29, 1.82) is 0 Å². The van der Waals surface area contributed by atoms with Crippen molar-refractivity contribution in [3.05, 3.63) is 29.3 Å². The van der Waals surface area contributed by atoms with Crippen LogP contribution in [-0.2, 0) is 11.3 Å². The average Bonchev–Trinajstić information content (AvgIpc) is 2.93. The van der Waals surface area contributed by atoms with Gasteiger partial charge in [0.1, 0.15) is 0 Å². The maximum absolute atomic E-state index is 12.5. The van der Waals surface area contributed by atoms with Crippen molar-refractivity contribution >= 4 is 18.3 Å². The molecular formula is C15H20BNO2. The van der Waals surface area contributed by atoms with E-state index in [9.17, 15) is 4.79 Å². The first-order chi connectivity index (χ1) is 9.06. The first kappa shape index (κ1) is 12.7. The molecular weight excluding hydrogens is 237 g/mol. The largest absolute Gasteiger partial charge is 0.427 e. The van der Waals surface area contributed by atoms with Crippen LogP contribution in [0, 0.1) is 11.8 Å². The smallest absolute Gasteiger partial charge is 0.324 e. The van der Waals surface area contributed by atoms with Gasteiger partial charge in [-0.05, 0) is 35.0 Å². The quantitative estimate of drug-likeness (QED) is 0.717. The summed E-state index contributed by atoms with van der Waals surface area (Å²) < 4.78 is 5.59. The topological polar surface area (TPSA) is 29.5 Å². The SMILES string of the molecule is CB1OCc2cc(C(=O)N3CC(C)C(C)C3)ccc21. The summed E-state index contributed by atoms with van der Waals surface area (Å²) in [6.07, 6.45) is 0. The van der Waals surface area contributed by atoms with Gasteiger partial charge >= 0.3 is 6.92 Å². The Morgan fingerprint density at radius 2 is 2.00 bits per heavy atom. The van der Waals surface area contributed by atoms with Crippen molar-refractivity contribution in [2.45, 2.75) is 27.3 Å². The van der Waals surface area contributed by atoms with E-state index in [0.29, 0.717) is 18.4 Å². The molecule has 0 N–H and O–H groups in total. The van der Waals surface area contributed by atoms with Gasteiger partial charge < -0.3 is 9.55 Å². The molecule has 100 valence electrons. The van der Waals surface area contributed by atoms with Gasteiger partial charge in [0.15, 0.2) is 0 Å². The molecule has 2 aliphatic rings. The molecule has 0 spiro atoms. The van der Waals surface area contributed by atoms with Crippen LogP contribution in [0.5, 0.6) is 0 Å². The molecule has 1 fully saturated rings.